The van der Waals surface area contributed by atoms with Crippen molar-refractivity contribution in [2.45, 2.75) is 6.92 Å². The zero-order chi connectivity index (χ0) is 22.1. The van der Waals surface area contributed by atoms with Crippen molar-refractivity contribution in [3.8, 4) is 5.75 Å². The highest BCUT2D eigenvalue weighted by atomic mass is 16.5. The Hall–Kier alpha value is -4.27. The van der Waals surface area contributed by atoms with Crippen LogP contribution in [0.2, 0.25) is 0 Å². The van der Waals surface area contributed by atoms with Gasteiger partial charge in [0.25, 0.3) is 17.7 Å². The number of amides is 5. The molecule has 2 aliphatic rings. The van der Waals surface area contributed by atoms with Crippen molar-refractivity contribution in [1.29, 1.82) is 0 Å². The summed E-state index contributed by atoms with van der Waals surface area (Å²) in [6.45, 7) is 1.64. The van der Waals surface area contributed by atoms with Gasteiger partial charge in [0.15, 0.2) is 0 Å². The monoisotopic (exact) mass is 418 g/mol. The summed E-state index contributed by atoms with van der Waals surface area (Å²) in [6.07, 6.45) is 1.25. The summed E-state index contributed by atoms with van der Waals surface area (Å²) in [5.74, 6) is -2.44. The van der Waals surface area contributed by atoms with E-state index in [0.29, 0.717) is 17.1 Å². The van der Waals surface area contributed by atoms with Crippen molar-refractivity contribution in [3.05, 3.63) is 66.2 Å². The summed E-state index contributed by atoms with van der Waals surface area (Å²) in [4.78, 5) is 51.5. The van der Waals surface area contributed by atoms with Crippen LogP contribution in [0.3, 0.4) is 0 Å². The van der Waals surface area contributed by atoms with Crippen molar-refractivity contribution in [2.24, 2.45) is 11.0 Å². The van der Waals surface area contributed by atoms with Gasteiger partial charge < -0.3 is 4.74 Å². The zero-order valence-corrected chi connectivity index (χ0v) is 16.7. The first-order valence-electron chi connectivity index (χ1n) is 9.40. The SMILES string of the molecule is COc1ccc(N2C(=O)NC(=O)/C(=C\[C@@H]3C(=O)N(c4ccccc4)N=C3C)C2=O)cc1. The summed E-state index contributed by atoms with van der Waals surface area (Å²) in [5, 5.41) is 7.64. The normalized spacial score (nSPS) is 20.3. The van der Waals surface area contributed by atoms with Crippen LogP contribution in [0.1, 0.15) is 6.92 Å². The van der Waals surface area contributed by atoms with E-state index in [0.717, 1.165) is 4.90 Å². The molecule has 0 bridgehead atoms. The Labute approximate surface area is 177 Å². The molecule has 2 aromatic rings. The average molecular weight is 418 g/mol. The second kappa shape index (κ2) is 7.86. The minimum atomic E-state index is -0.907. The number of nitrogens with one attached hydrogen (secondary N) is 1. The van der Waals surface area contributed by atoms with Crippen LogP contribution in [-0.4, -0.2) is 36.6 Å². The third-order valence-corrected chi connectivity index (χ3v) is 4.95. The summed E-state index contributed by atoms with van der Waals surface area (Å²) < 4.78 is 5.08. The van der Waals surface area contributed by atoms with Crippen LogP contribution in [0.4, 0.5) is 16.2 Å². The van der Waals surface area contributed by atoms with Crippen molar-refractivity contribution in [1.82, 2.24) is 5.32 Å². The van der Waals surface area contributed by atoms with E-state index in [1.54, 1.807) is 43.3 Å². The molecule has 1 atom stereocenters. The average Bonchev–Trinajstić information content (AvgIpc) is 3.05. The Morgan fingerprint density at radius 2 is 1.65 bits per heavy atom. The van der Waals surface area contributed by atoms with Crippen LogP contribution in [-0.2, 0) is 14.4 Å². The van der Waals surface area contributed by atoms with Gasteiger partial charge in [-0.3, -0.25) is 19.7 Å². The van der Waals surface area contributed by atoms with Crippen LogP contribution >= 0.6 is 0 Å². The molecule has 2 aliphatic heterocycles. The fraction of sp³-hybridized carbons (Fsp3) is 0.136. The number of ether oxygens (including phenoxy) is 1. The maximum Gasteiger partial charge on any atom is 0.335 e. The van der Waals surface area contributed by atoms with Gasteiger partial charge in [0.2, 0.25) is 0 Å². The molecule has 0 saturated carbocycles. The molecule has 2 heterocycles. The molecule has 1 saturated heterocycles. The Balaban J connectivity index is 1.65. The van der Waals surface area contributed by atoms with Gasteiger partial charge in [0.05, 0.1) is 30.1 Å². The number of para-hydroxylation sites is 1. The van der Waals surface area contributed by atoms with E-state index in [4.69, 9.17) is 4.74 Å². The number of rotatable bonds is 4. The minimum Gasteiger partial charge on any atom is -0.497 e. The van der Waals surface area contributed by atoms with Crippen LogP contribution in [0.5, 0.6) is 5.75 Å². The van der Waals surface area contributed by atoms with Gasteiger partial charge in [-0.25, -0.2) is 9.69 Å². The number of hydrogen-bond acceptors (Lipinski definition) is 6. The summed E-state index contributed by atoms with van der Waals surface area (Å²) in [7, 11) is 1.49. The number of carbonyl (C=O) groups is 4. The lowest BCUT2D eigenvalue weighted by atomic mass is 9.98. The van der Waals surface area contributed by atoms with E-state index >= 15 is 0 Å². The number of anilines is 2. The third-order valence-electron chi connectivity index (χ3n) is 4.95. The Kier molecular flexibility index (Phi) is 5.08. The molecule has 31 heavy (non-hydrogen) atoms. The van der Waals surface area contributed by atoms with Gasteiger partial charge >= 0.3 is 6.03 Å². The number of barbiturate groups is 1. The highest BCUT2D eigenvalue weighted by Gasteiger charge is 2.40. The topological polar surface area (TPSA) is 108 Å². The van der Waals surface area contributed by atoms with E-state index in [2.05, 4.69) is 10.4 Å². The number of nitrogens with zero attached hydrogens (tertiary/aromatic N) is 3. The first-order chi connectivity index (χ1) is 14.9. The van der Waals surface area contributed by atoms with Crippen LogP contribution < -0.4 is 20.0 Å². The van der Waals surface area contributed by atoms with E-state index in [-0.39, 0.29) is 11.3 Å². The third kappa shape index (κ3) is 3.57. The molecule has 0 aliphatic carbocycles. The Bertz CT molecular complexity index is 1140. The van der Waals surface area contributed by atoms with Gasteiger partial charge in [-0.2, -0.15) is 10.1 Å². The summed E-state index contributed by atoms with van der Waals surface area (Å²) in [5.41, 5.74) is 0.950. The van der Waals surface area contributed by atoms with Crippen molar-refractivity contribution < 1.29 is 23.9 Å². The summed E-state index contributed by atoms with van der Waals surface area (Å²) in [6, 6.07) is 14.2. The quantitative estimate of drug-likeness (QED) is 0.605. The zero-order valence-electron chi connectivity index (χ0n) is 16.7. The summed E-state index contributed by atoms with van der Waals surface area (Å²) >= 11 is 0. The van der Waals surface area contributed by atoms with Crippen LogP contribution in [0, 0.1) is 5.92 Å². The predicted molar refractivity (Wildman–Crippen MR) is 113 cm³/mol. The number of hydrogen-bond donors (Lipinski definition) is 1. The maximum atomic E-state index is 13.0. The largest absolute Gasteiger partial charge is 0.497 e. The standard InChI is InChI=1S/C22H18N4O5/c1-13-17(21(29)26(24-13)15-6-4-3-5-7-15)12-18-19(27)23-22(30)25(20(18)28)14-8-10-16(31-2)11-9-14/h3-12,17H,1-2H3,(H,23,27,30)/b18-12+/t17-/m0/s1. The Morgan fingerprint density at radius 3 is 2.29 bits per heavy atom. The molecule has 5 amide bonds. The number of benzene rings is 2. The molecule has 0 aromatic heterocycles. The molecule has 9 heteroatoms. The number of carbonyl (C=O) groups excluding carboxylic acids is 4. The van der Waals surface area contributed by atoms with E-state index in [1.165, 1.54) is 30.3 Å². The van der Waals surface area contributed by atoms with Crippen LogP contribution in [0.15, 0.2) is 71.3 Å². The van der Waals surface area contributed by atoms with Gasteiger partial charge in [0.1, 0.15) is 11.3 Å². The number of methoxy groups -OCH3 is 1. The molecule has 156 valence electrons. The first kappa shape index (κ1) is 20.0. The molecule has 0 spiro atoms. The highest BCUT2D eigenvalue weighted by Crippen LogP contribution is 2.27. The lowest BCUT2D eigenvalue weighted by Crippen LogP contribution is -2.54. The molecular weight excluding hydrogens is 400 g/mol. The van der Waals surface area contributed by atoms with Crippen molar-refractivity contribution in [3.63, 3.8) is 0 Å². The number of hydrazone groups is 1. The second-order valence-electron chi connectivity index (χ2n) is 6.88. The fourth-order valence-corrected chi connectivity index (χ4v) is 3.34. The van der Waals surface area contributed by atoms with E-state index in [1.807, 2.05) is 6.07 Å². The van der Waals surface area contributed by atoms with Gasteiger partial charge in [-0.1, -0.05) is 18.2 Å². The molecule has 1 N–H and O–H groups in total. The minimum absolute atomic E-state index is 0.260. The lowest BCUT2D eigenvalue weighted by Gasteiger charge is -2.26. The Morgan fingerprint density at radius 1 is 0.968 bits per heavy atom. The molecular formula is C22H18N4O5. The molecule has 4 rings (SSSR count). The van der Waals surface area contributed by atoms with Gasteiger partial charge in [0, 0.05) is 0 Å². The molecule has 9 nitrogen and oxygen atoms in total. The second-order valence-corrected chi connectivity index (χ2v) is 6.88. The first-order valence-corrected chi connectivity index (χ1v) is 9.40. The van der Waals surface area contributed by atoms with Gasteiger partial charge in [-0.15, -0.1) is 0 Å². The van der Waals surface area contributed by atoms with E-state index in [9.17, 15) is 19.2 Å². The van der Waals surface area contributed by atoms with Crippen molar-refractivity contribution in [2.75, 3.05) is 17.0 Å². The number of urea groups is 1. The number of imide groups is 2. The van der Waals surface area contributed by atoms with Crippen molar-refractivity contribution >= 4 is 40.8 Å². The van der Waals surface area contributed by atoms with Crippen LogP contribution in [0.25, 0.3) is 0 Å². The van der Waals surface area contributed by atoms with E-state index < -0.39 is 29.7 Å². The smallest absolute Gasteiger partial charge is 0.335 e. The molecule has 0 unspecified atom stereocenters. The fourth-order valence-electron chi connectivity index (χ4n) is 3.34. The highest BCUT2D eigenvalue weighted by molar-refractivity contribution is 6.38. The molecule has 2 aromatic carbocycles. The molecule has 0 radical (unpaired) electrons. The predicted octanol–water partition coefficient (Wildman–Crippen LogP) is 2.24. The van der Waals surface area contributed by atoms with Gasteiger partial charge in [-0.05, 0) is 49.4 Å². The maximum absolute atomic E-state index is 13.0. The lowest BCUT2D eigenvalue weighted by molar-refractivity contribution is -0.122. The molecule has 1 fully saturated rings.